The van der Waals surface area contributed by atoms with E-state index in [1.54, 1.807) is 9.80 Å². The van der Waals surface area contributed by atoms with Crippen LogP contribution in [0.15, 0.2) is 24.3 Å². The van der Waals surface area contributed by atoms with Crippen molar-refractivity contribution in [3.63, 3.8) is 0 Å². The average Bonchev–Trinajstić information content (AvgIpc) is 3.08. The van der Waals surface area contributed by atoms with Gasteiger partial charge in [-0.3, -0.25) is 9.59 Å². The van der Waals surface area contributed by atoms with Crippen LogP contribution in [0.4, 0.5) is 16.2 Å². The molecule has 0 aliphatic carbocycles. The van der Waals surface area contributed by atoms with Crippen molar-refractivity contribution < 1.29 is 23.9 Å². The molecule has 1 aromatic carbocycles. The van der Waals surface area contributed by atoms with Gasteiger partial charge in [0.15, 0.2) is 0 Å². The van der Waals surface area contributed by atoms with Gasteiger partial charge in [-0.1, -0.05) is 12.1 Å². The molecular weight excluding hydrogens is 386 g/mol. The van der Waals surface area contributed by atoms with Crippen molar-refractivity contribution >= 4 is 29.3 Å². The SMILES string of the molecule is COC(=O)C1CC(=O)N(c2ccccc2NC2CCN(C(=O)OC(C)(C)C)CC2)C1. The number of ether oxygens (including phenoxy) is 2. The molecule has 8 nitrogen and oxygen atoms in total. The molecule has 0 spiro atoms. The van der Waals surface area contributed by atoms with Gasteiger partial charge in [0, 0.05) is 32.1 Å². The number of carbonyl (C=O) groups is 3. The molecule has 164 valence electrons. The van der Waals surface area contributed by atoms with Gasteiger partial charge < -0.3 is 24.6 Å². The molecule has 30 heavy (non-hydrogen) atoms. The van der Waals surface area contributed by atoms with Gasteiger partial charge in [-0.15, -0.1) is 0 Å². The second kappa shape index (κ2) is 8.93. The van der Waals surface area contributed by atoms with E-state index in [0.29, 0.717) is 19.6 Å². The fourth-order valence-corrected chi connectivity index (χ4v) is 3.85. The maximum Gasteiger partial charge on any atom is 0.410 e. The number of piperidine rings is 1. The van der Waals surface area contributed by atoms with E-state index in [0.717, 1.165) is 24.2 Å². The van der Waals surface area contributed by atoms with E-state index in [2.05, 4.69) is 5.32 Å². The van der Waals surface area contributed by atoms with E-state index in [4.69, 9.17) is 9.47 Å². The van der Waals surface area contributed by atoms with Gasteiger partial charge in [-0.2, -0.15) is 0 Å². The van der Waals surface area contributed by atoms with Crippen LogP contribution >= 0.6 is 0 Å². The molecule has 2 amide bonds. The molecule has 8 heteroatoms. The number of anilines is 2. The third-order valence-electron chi connectivity index (χ3n) is 5.36. The number of carbonyl (C=O) groups excluding carboxylic acids is 3. The Bertz CT molecular complexity index is 796. The fraction of sp³-hybridized carbons (Fsp3) is 0.591. The minimum atomic E-state index is -0.505. The highest BCUT2D eigenvalue weighted by Gasteiger charge is 2.37. The summed E-state index contributed by atoms with van der Waals surface area (Å²) in [6.07, 6.45) is 1.45. The minimum Gasteiger partial charge on any atom is -0.469 e. The Hall–Kier alpha value is -2.77. The molecule has 1 aromatic rings. The topological polar surface area (TPSA) is 88.2 Å². The summed E-state index contributed by atoms with van der Waals surface area (Å²) in [6.45, 7) is 7.13. The number of nitrogens with zero attached hydrogens (tertiary/aromatic N) is 2. The number of rotatable bonds is 4. The zero-order valence-corrected chi connectivity index (χ0v) is 18.1. The summed E-state index contributed by atoms with van der Waals surface area (Å²) in [5, 5.41) is 3.52. The number of amides is 2. The number of likely N-dealkylation sites (tertiary alicyclic amines) is 1. The van der Waals surface area contributed by atoms with Crippen LogP contribution in [0.25, 0.3) is 0 Å². The summed E-state index contributed by atoms with van der Waals surface area (Å²) in [5.41, 5.74) is 1.12. The molecule has 0 saturated carbocycles. The summed E-state index contributed by atoms with van der Waals surface area (Å²) >= 11 is 0. The third kappa shape index (κ3) is 5.23. The van der Waals surface area contributed by atoms with Gasteiger partial charge >= 0.3 is 12.1 Å². The normalized spacial score (nSPS) is 20.3. The van der Waals surface area contributed by atoms with Crippen LogP contribution in [0.2, 0.25) is 0 Å². The molecule has 2 heterocycles. The molecule has 1 N–H and O–H groups in total. The minimum absolute atomic E-state index is 0.0839. The van der Waals surface area contributed by atoms with Crippen LogP contribution in [0, 0.1) is 5.92 Å². The lowest BCUT2D eigenvalue weighted by atomic mass is 10.0. The zero-order chi connectivity index (χ0) is 21.9. The largest absolute Gasteiger partial charge is 0.469 e. The van der Waals surface area contributed by atoms with Gasteiger partial charge in [-0.05, 0) is 45.7 Å². The van der Waals surface area contributed by atoms with Crippen LogP contribution in [0.1, 0.15) is 40.0 Å². The quantitative estimate of drug-likeness (QED) is 0.758. The van der Waals surface area contributed by atoms with Crippen LogP contribution in [0.3, 0.4) is 0 Å². The lowest BCUT2D eigenvalue weighted by molar-refractivity contribution is -0.145. The van der Waals surface area contributed by atoms with Gasteiger partial charge in [0.05, 0.1) is 24.4 Å². The van der Waals surface area contributed by atoms with Gasteiger partial charge in [0.2, 0.25) is 5.91 Å². The van der Waals surface area contributed by atoms with Crippen LogP contribution in [-0.4, -0.2) is 61.3 Å². The number of hydrogen-bond acceptors (Lipinski definition) is 6. The monoisotopic (exact) mass is 417 g/mol. The number of methoxy groups -OCH3 is 1. The number of para-hydroxylation sites is 2. The molecule has 0 aromatic heterocycles. The third-order valence-corrected chi connectivity index (χ3v) is 5.36. The Morgan fingerprint density at radius 1 is 1.13 bits per heavy atom. The Morgan fingerprint density at radius 3 is 2.43 bits per heavy atom. The van der Waals surface area contributed by atoms with Crippen molar-refractivity contribution in [1.82, 2.24) is 4.90 Å². The second-order valence-electron chi connectivity index (χ2n) is 8.83. The van der Waals surface area contributed by atoms with Crippen molar-refractivity contribution in [1.29, 1.82) is 0 Å². The summed E-state index contributed by atoms with van der Waals surface area (Å²) in [5.74, 6) is -0.877. The lowest BCUT2D eigenvalue weighted by Crippen LogP contribution is -2.44. The summed E-state index contributed by atoms with van der Waals surface area (Å²) < 4.78 is 10.3. The fourth-order valence-electron chi connectivity index (χ4n) is 3.85. The molecule has 3 rings (SSSR count). The molecule has 1 atom stereocenters. The molecule has 2 saturated heterocycles. The molecule has 0 bridgehead atoms. The Balaban J connectivity index is 1.62. The number of hydrogen-bond donors (Lipinski definition) is 1. The van der Waals surface area contributed by atoms with E-state index < -0.39 is 11.5 Å². The first kappa shape index (κ1) is 21.9. The maximum absolute atomic E-state index is 12.5. The van der Waals surface area contributed by atoms with Crippen molar-refractivity contribution in [2.75, 3.05) is 37.0 Å². The van der Waals surface area contributed by atoms with Crippen molar-refractivity contribution in [3.8, 4) is 0 Å². The first-order chi connectivity index (χ1) is 14.2. The standard InChI is InChI=1S/C22H31N3O5/c1-22(2,3)30-21(28)24-11-9-16(10-12-24)23-17-7-5-6-8-18(17)25-14-15(13-19(25)26)20(27)29-4/h5-8,15-16,23H,9-14H2,1-4H3. The molecular formula is C22H31N3O5. The first-order valence-corrected chi connectivity index (χ1v) is 10.4. The molecule has 0 radical (unpaired) electrons. The average molecular weight is 418 g/mol. The van der Waals surface area contributed by atoms with Gasteiger partial charge in [-0.25, -0.2) is 4.79 Å². The van der Waals surface area contributed by atoms with E-state index in [1.165, 1.54) is 7.11 Å². The lowest BCUT2D eigenvalue weighted by Gasteiger charge is -2.34. The van der Waals surface area contributed by atoms with E-state index >= 15 is 0 Å². The highest BCUT2D eigenvalue weighted by Crippen LogP contribution is 2.33. The van der Waals surface area contributed by atoms with Crippen molar-refractivity contribution in [2.24, 2.45) is 5.92 Å². The molecule has 2 aliphatic rings. The predicted octanol–water partition coefficient (Wildman–Crippen LogP) is 3.02. The van der Waals surface area contributed by atoms with E-state index in [9.17, 15) is 14.4 Å². The Labute approximate surface area is 177 Å². The number of benzene rings is 1. The van der Waals surface area contributed by atoms with Gasteiger partial charge in [0.1, 0.15) is 5.60 Å². The van der Waals surface area contributed by atoms with Crippen LogP contribution in [0.5, 0.6) is 0 Å². The zero-order valence-electron chi connectivity index (χ0n) is 18.1. The van der Waals surface area contributed by atoms with Crippen LogP contribution < -0.4 is 10.2 Å². The molecule has 1 unspecified atom stereocenters. The van der Waals surface area contributed by atoms with Crippen LogP contribution in [-0.2, 0) is 19.1 Å². The van der Waals surface area contributed by atoms with Crippen molar-refractivity contribution in [3.05, 3.63) is 24.3 Å². The first-order valence-electron chi connectivity index (χ1n) is 10.4. The summed E-state index contributed by atoms with van der Waals surface area (Å²) in [4.78, 5) is 40.0. The summed E-state index contributed by atoms with van der Waals surface area (Å²) in [6, 6.07) is 7.80. The summed E-state index contributed by atoms with van der Waals surface area (Å²) in [7, 11) is 1.34. The molecule has 2 fully saturated rings. The van der Waals surface area contributed by atoms with E-state index in [-0.39, 0.29) is 30.4 Å². The van der Waals surface area contributed by atoms with E-state index in [1.807, 2.05) is 45.0 Å². The highest BCUT2D eigenvalue weighted by atomic mass is 16.6. The van der Waals surface area contributed by atoms with Gasteiger partial charge in [0.25, 0.3) is 0 Å². The Kier molecular flexibility index (Phi) is 6.53. The second-order valence-corrected chi connectivity index (χ2v) is 8.83. The maximum atomic E-state index is 12.5. The smallest absolute Gasteiger partial charge is 0.410 e. The highest BCUT2D eigenvalue weighted by molar-refractivity contribution is 6.01. The van der Waals surface area contributed by atoms with Crippen molar-refractivity contribution in [2.45, 2.75) is 51.7 Å². The molecule has 2 aliphatic heterocycles. The predicted molar refractivity (Wildman–Crippen MR) is 113 cm³/mol. The Morgan fingerprint density at radius 2 is 1.80 bits per heavy atom. The number of nitrogens with one attached hydrogen (secondary N) is 1. The number of esters is 1.